The van der Waals surface area contributed by atoms with Crippen LogP contribution in [-0.2, 0) is 0 Å². The summed E-state index contributed by atoms with van der Waals surface area (Å²) in [5.74, 6) is 0.770. The van der Waals surface area contributed by atoms with Crippen LogP contribution in [0.1, 0.15) is 49.0 Å². The lowest BCUT2D eigenvalue weighted by Gasteiger charge is -2.12. The summed E-state index contributed by atoms with van der Waals surface area (Å²) in [6.07, 6.45) is 4.79. The van der Waals surface area contributed by atoms with E-state index >= 15 is 0 Å². The molecular weight excluding hydrogens is 344 g/mol. The van der Waals surface area contributed by atoms with Gasteiger partial charge in [0, 0.05) is 0 Å². The van der Waals surface area contributed by atoms with Crippen molar-refractivity contribution < 1.29 is 19.4 Å². The third kappa shape index (κ3) is 6.33. The molecule has 0 spiro atoms. The van der Waals surface area contributed by atoms with E-state index in [0.717, 1.165) is 24.8 Å². The first-order chi connectivity index (χ1) is 13.2. The normalized spacial score (nSPS) is 10.7. The Morgan fingerprint density at radius 1 is 1.11 bits per heavy atom. The Balaban J connectivity index is 2.00. The number of unbranched alkanes of at least 4 members (excludes halogenated alkanes) is 2. The fraction of sp³-hybridized carbons (Fsp3) is 0.333. The van der Waals surface area contributed by atoms with E-state index in [1.807, 2.05) is 25.1 Å². The van der Waals surface area contributed by atoms with E-state index in [9.17, 15) is 9.90 Å². The number of phenolic OH excluding ortho intramolecular Hbond substituents is 1. The topological polar surface area (TPSA) is 80.2 Å². The summed E-state index contributed by atoms with van der Waals surface area (Å²) < 4.78 is 11.4. The average molecular weight is 370 g/mol. The van der Waals surface area contributed by atoms with Crippen molar-refractivity contribution in [3.63, 3.8) is 0 Å². The molecule has 2 aromatic carbocycles. The second kappa shape index (κ2) is 10.9. The summed E-state index contributed by atoms with van der Waals surface area (Å²) in [5.41, 5.74) is 3.33. The first-order valence-corrected chi connectivity index (χ1v) is 9.16. The van der Waals surface area contributed by atoms with Crippen molar-refractivity contribution in [3.05, 3.63) is 53.6 Å². The van der Waals surface area contributed by atoms with E-state index in [1.54, 1.807) is 12.1 Å². The summed E-state index contributed by atoms with van der Waals surface area (Å²) in [7, 11) is 0. The minimum absolute atomic E-state index is 0.0894. The molecule has 0 atom stereocenters. The van der Waals surface area contributed by atoms with Crippen LogP contribution in [0.3, 0.4) is 0 Å². The van der Waals surface area contributed by atoms with Crippen LogP contribution in [0.4, 0.5) is 0 Å². The summed E-state index contributed by atoms with van der Waals surface area (Å²) >= 11 is 0. The molecule has 6 heteroatoms. The zero-order chi connectivity index (χ0) is 19.5. The van der Waals surface area contributed by atoms with Crippen LogP contribution in [0.2, 0.25) is 0 Å². The van der Waals surface area contributed by atoms with Gasteiger partial charge in [-0.05, 0) is 49.2 Å². The third-order valence-electron chi connectivity index (χ3n) is 3.80. The Bertz CT molecular complexity index is 775. The van der Waals surface area contributed by atoms with Crippen molar-refractivity contribution in [2.24, 2.45) is 5.10 Å². The number of hydrazone groups is 1. The lowest BCUT2D eigenvalue weighted by molar-refractivity contribution is 0.0952. The largest absolute Gasteiger partial charge is 0.507 e. The molecule has 27 heavy (non-hydrogen) atoms. The van der Waals surface area contributed by atoms with Gasteiger partial charge in [0.05, 0.1) is 25.0 Å². The number of nitrogens with one attached hydrogen (secondary N) is 1. The van der Waals surface area contributed by atoms with Gasteiger partial charge in [-0.2, -0.15) is 5.10 Å². The molecule has 0 unspecified atom stereocenters. The van der Waals surface area contributed by atoms with E-state index in [0.29, 0.717) is 24.7 Å². The fourth-order valence-electron chi connectivity index (χ4n) is 2.42. The highest BCUT2D eigenvalue weighted by molar-refractivity contribution is 5.97. The van der Waals surface area contributed by atoms with Crippen molar-refractivity contribution in [2.75, 3.05) is 13.2 Å². The number of aromatic hydroxyl groups is 1. The SMILES string of the molecule is CCCCCOc1ccc(/C=N\NC(=O)c2ccccc2O)cc1OCC. The van der Waals surface area contributed by atoms with Crippen LogP contribution in [0, 0.1) is 0 Å². The Morgan fingerprint density at radius 2 is 1.93 bits per heavy atom. The van der Waals surface area contributed by atoms with Crippen molar-refractivity contribution in [1.29, 1.82) is 0 Å². The van der Waals surface area contributed by atoms with Crippen molar-refractivity contribution >= 4 is 12.1 Å². The zero-order valence-corrected chi connectivity index (χ0v) is 15.8. The molecule has 0 aromatic heterocycles. The summed E-state index contributed by atoms with van der Waals surface area (Å²) in [6, 6.07) is 11.8. The Hall–Kier alpha value is -3.02. The number of ether oxygens (including phenoxy) is 2. The highest BCUT2D eigenvalue weighted by atomic mass is 16.5. The van der Waals surface area contributed by atoms with E-state index in [-0.39, 0.29) is 11.3 Å². The third-order valence-corrected chi connectivity index (χ3v) is 3.80. The maximum atomic E-state index is 12.0. The fourth-order valence-corrected chi connectivity index (χ4v) is 2.42. The maximum Gasteiger partial charge on any atom is 0.275 e. The van der Waals surface area contributed by atoms with Crippen LogP contribution in [0.15, 0.2) is 47.6 Å². The molecule has 2 N–H and O–H groups in total. The number of amides is 1. The van der Waals surface area contributed by atoms with Gasteiger partial charge in [0.1, 0.15) is 5.75 Å². The molecule has 0 heterocycles. The number of nitrogens with zero attached hydrogens (tertiary/aromatic N) is 1. The van der Waals surface area contributed by atoms with Gasteiger partial charge in [-0.25, -0.2) is 5.43 Å². The van der Waals surface area contributed by atoms with Crippen LogP contribution in [0.25, 0.3) is 0 Å². The van der Waals surface area contributed by atoms with Crippen LogP contribution >= 0.6 is 0 Å². The number of carbonyl (C=O) groups excluding carboxylic acids is 1. The highest BCUT2D eigenvalue weighted by Gasteiger charge is 2.09. The number of hydrogen-bond donors (Lipinski definition) is 2. The van der Waals surface area contributed by atoms with Gasteiger partial charge < -0.3 is 14.6 Å². The Morgan fingerprint density at radius 3 is 2.67 bits per heavy atom. The summed E-state index contributed by atoms with van der Waals surface area (Å²) in [6.45, 7) is 5.24. The molecule has 0 bridgehead atoms. The van der Waals surface area contributed by atoms with Gasteiger partial charge in [-0.3, -0.25) is 4.79 Å². The number of carbonyl (C=O) groups is 1. The predicted molar refractivity (Wildman–Crippen MR) is 106 cm³/mol. The predicted octanol–water partition coefficient (Wildman–Crippen LogP) is 4.12. The summed E-state index contributed by atoms with van der Waals surface area (Å²) in [5, 5.41) is 13.6. The molecule has 2 aromatic rings. The maximum absolute atomic E-state index is 12.0. The van der Waals surface area contributed by atoms with E-state index < -0.39 is 5.91 Å². The molecule has 0 saturated carbocycles. The monoisotopic (exact) mass is 370 g/mol. The molecule has 0 aliphatic rings. The Kier molecular flexibility index (Phi) is 8.16. The molecule has 0 saturated heterocycles. The quantitative estimate of drug-likeness (QED) is 0.374. The first-order valence-electron chi connectivity index (χ1n) is 9.16. The number of hydrogen-bond acceptors (Lipinski definition) is 5. The van der Waals surface area contributed by atoms with Gasteiger partial charge in [0.15, 0.2) is 11.5 Å². The molecule has 0 aliphatic carbocycles. The zero-order valence-electron chi connectivity index (χ0n) is 15.8. The number of phenols is 1. The molecule has 6 nitrogen and oxygen atoms in total. The van der Waals surface area contributed by atoms with Gasteiger partial charge in [0.25, 0.3) is 5.91 Å². The molecule has 2 rings (SSSR count). The Labute approximate surface area is 159 Å². The molecular formula is C21H26N2O4. The minimum atomic E-state index is -0.481. The lowest BCUT2D eigenvalue weighted by atomic mass is 10.2. The number of para-hydroxylation sites is 1. The number of rotatable bonds is 10. The highest BCUT2D eigenvalue weighted by Crippen LogP contribution is 2.28. The molecule has 0 radical (unpaired) electrons. The minimum Gasteiger partial charge on any atom is -0.507 e. The first kappa shape index (κ1) is 20.3. The average Bonchev–Trinajstić information content (AvgIpc) is 2.67. The van der Waals surface area contributed by atoms with E-state index in [4.69, 9.17) is 9.47 Å². The smallest absolute Gasteiger partial charge is 0.275 e. The van der Waals surface area contributed by atoms with Crippen molar-refractivity contribution in [1.82, 2.24) is 5.43 Å². The van der Waals surface area contributed by atoms with Gasteiger partial charge >= 0.3 is 0 Å². The number of benzene rings is 2. The van der Waals surface area contributed by atoms with Gasteiger partial charge in [-0.1, -0.05) is 31.9 Å². The van der Waals surface area contributed by atoms with E-state index in [1.165, 1.54) is 18.3 Å². The van der Waals surface area contributed by atoms with Gasteiger partial charge in [0.2, 0.25) is 0 Å². The van der Waals surface area contributed by atoms with Crippen LogP contribution in [-0.4, -0.2) is 30.4 Å². The van der Waals surface area contributed by atoms with Gasteiger partial charge in [-0.15, -0.1) is 0 Å². The molecule has 144 valence electrons. The second-order valence-electron chi connectivity index (χ2n) is 5.91. The lowest BCUT2D eigenvalue weighted by Crippen LogP contribution is -2.17. The second-order valence-corrected chi connectivity index (χ2v) is 5.91. The van der Waals surface area contributed by atoms with Crippen LogP contribution in [0.5, 0.6) is 17.2 Å². The molecule has 0 fully saturated rings. The van der Waals surface area contributed by atoms with Crippen molar-refractivity contribution in [3.8, 4) is 17.2 Å². The standard InChI is InChI=1S/C21H26N2O4/c1-3-5-8-13-27-19-12-11-16(14-20(19)26-4-2)15-22-23-21(25)17-9-6-7-10-18(17)24/h6-7,9-12,14-15,24H,3-5,8,13H2,1-2H3,(H,23,25)/b22-15-. The van der Waals surface area contributed by atoms with Crippen molar-refractivity contribution in [2.45, 2.75) is 33.1 Å². The molecule has 1 amide bonds. The molecule has 0 aliphatic heterocycles. The summed E-state index contributed by atoms with van der Waals surface area (Å²) in [4.78, 5) is 12.0. The van der Waals surface area contributed by atoms with Crippen LogP contribution < -0.4 is 14.9 Å². The van der Waals surface area contributed by atoms with E-state index in [2.05, 4.69) is 17.5 Å².